The SMILES string of the molecule is CCCn1c(=O)n(C2CC2)c(=O)c2[nH]c(-c3ccc(N(CCOC)C(=O)c4ccc(F)nc4)nc3)nc21. The van der Waals surface area contributed by atoms with Gasteiger partial charge >= 0.3 is 5.69 Å². The number of rotatable bonds is 9. The van der Waals surface area contributed by atoms with Crippen LogP contribution in [0, 0.1) is 5.95 Å². The number of aryl methyl sites for hydroxylation is 1. The molecule has 5 rings (SSSR count). The number of nitrogens with zero attached hydrogens (tertiary/aromatic N) is 6. The van der Waals surface area contributed by atoms with Gasteiger partial charge in [0, 0.05) is 37.7 Å². The fourth-order valence-electron chi connectivity index (χ4n) is 4.20. The van der Waals surface area contributed by atoms with Gasteiger partial charge in [0.2, 0.25) is 5.95 Å². The molecule has 0 unspecified atom stereocenters. The summed E-state index contributed by atoms with van der Waals surface area (Å²) >= 11 is 0. The molecule has 0 saturated heterocycles. The van der Waals surface area contributed by atoms with E-state index in [2.05, 4.69) is 19.9 Å². The van der Waals surface area contributed by atoms with Gasteiger partial charge in [0.05, 0.1) is 18.7 Å². The van der Waals surface area contributed by atoms with Gasteiger partial charge in [0.1, 0.15) is 17.2 Å². The topological polar surface area (TPSA) is 128 Å². The molecule has 0 bridgehead atoms. The van der Waals surface area contributed by atoms with Gasteiger partial charge < -0.3 is 9.72 Å². The van der Waals surface area contributed by atoms with Crippen LogP contribution in [0.5, 0.6) is 0 Å². The van der Waals surface area contributed by atoms with Gasteiger partial charge in [-0.05, 0) is 43.5 Å². The molecule has 4 aromatic heterocycles. The summed E-state index contributed by atoms with van der Waals surface area (Å²) in [7, 11) is 1.52. The Morgan fingerprint density at radius 3 is 2.62 bits per heavy atom. The normalized spacial score (nSPS) is 13.3. The molecule has 0 spiro atoms. The molecule has 1 saturated carbocycles. The van der Waals surface area contributed by atoms with E-state index >= 15 is 0 Å². The van der Waals surface area contributed by atoms with Crippen molar-refractivity contribution in [3.8, 4) is 11.4 Å². The molecule has 0 atom stereocenters. The lowest BCUT2D eigenvalue weighted by molar-refractivity contribution is 0.0974. The number of hydrogen-bond acceptors (Lipinski definition) is 7. The summed E-state index contributed by atoms with van der Waals surface area (Å²) < 4.78 is 21.2. The van der Waals surface area contributed by atoms with E-state index in [9.17, 15) is 18.8 Å². The largest absolute Gasteiger partial charge is 0.383 e. The van der Waals surface area contributed by atoms with Crippen molar-refractivity contribution in [1.82, 2.24) is 29.1 Å². The number of carbonyl (C=O) groups excluding carboxylic acids is 1. The number of methoxy groups -OCH3 is 1. The van der Waals surface area contributed by atoms with Crippen LogP contribution in [0.1, 0.15) is 42.6 Å². The van der Waals surface area contributed by atoms with Crippen molar-refractivity contribution < 1.29 is 13.9 Å². The van der Waals surface area contributed by atoms with E-state index in [-0.39, 0.29) is 41.5 Å². The summed E-state index contributed by atoms with van der Waals surface area (Å²) in [6, 6.07) is 5.78. The second-order valence-corrected chi connectivity index (χ2v) is 8.85. The van der Waals surface area contributed by atoms with E-state index in [0.29, 0.717) is 35.8 Å². The number of H-pyrrole nitrogens is 1. The fourth-order valence-corrected chi connectivity index (χ4v) is 4.20. The number of fused-ring (bicyclic) bond motifs is 1. The summed E-state index contributed by atoms with van der Waals surface area (Å²) in [5.74, 6) is -0.342. The van der Waals surface area contributed by atoms with Crippen molar-refractivity contribution in [2.75, 3.05) is 25.2 Å². The molecule has 1 N–H and O–H groups in total. The summed E-state index contributed by atoms with van der Waals surface area (Å²) in [4.78, 5) is 56.2. The molecule has 1 fully saturated rings. The zero-order valence-electron chi connectivity index (χ0n) is 20.5. The summed E-state index contributed by atoms with van der Waals surface area (Å²) in [6.07, 6.45) is 5.04. The highest BCUT2D eigenvalue weighted by Gasteiger charge is 2.30. The highest BCUT2D eigenvalue weighted by atomic mass is 19.1. The summed E-state index contributed by atoms with van der Waals surface area (Å²) in [5.41, 5.74) is 0.670. The van der Waals surface area contributed by atoms with E-state index in [1.807, 2.05) is 6.92 Å². The molecule has 0 aromatic carbocycles. The van der Waals surface area contributed by atoms with E-state index < -0.39 is 11.9 Å². The predicted molar refractivity (Wildman–Crippen MR) is 134 cm³/mol. The van der Waals surface area contributed by atoms with Crippen molar-refractivity contribution in [3.05, 3.63) is 69.0 Å². The average Bonchev–Trinajstić information content (AvgIpc) is 3.64. The number of aromatic amines is 1. The number of hydrogen-bond donors (Lipinski definition) is 1. The third-order valence-electron chi connectivity index (χ3n) is 6.21. The van der Waals surface area contributed by atoms with Crippen LogP contribution in [0.25, 0.3) is 22.6 Å². The smallest absolute Gasteiger partial charge is 0.333 e. The number of ether oxygens (including phenoxy) is 1. The van der Waals surface area contributed by atoms with Crippen LogP contribution in [0.15, 0.2) is 46.2 Å². The van der Waals surface area contributed by atoms with E-state index in [4.69, 9.17) is 4.74 Å². The van der Waals surface area contributed by atoms with Crippen LogP contribution in [0.3, 0.4) is 0 Å². The Labute approximate surface area is 210 Å². The maximum atomic E-state index is 13.2. The van der Waals surface area contributed by atoms with Crippen molar-refractivity contribution in [2.45, 2.75) is 38.8 Å². The van der Waals surface area contributed by atoms with Gasteiger partial charge in [-0.25, -0.2) is 19.7 Å². The van der Waals surface area contributed by atoms with Crippen LogP contribution in [0.4, 0.5) is 10.2 Å². The number of carbonyl (C=O) groups is 1. The minimum absolute atomic E-state index is 0.0628. The van der Waals surface area contributed by atoms with Gasteiger partial charge in [0.25, 0.3) is 11.5 Å². The summed E-state index contributed by atoms with van der Waals surface area (Å²) in [6.45, 7) is 2.88. The van der Waals surface area contributed by atoms with Crippen molar-refractivity contribution in [2.24, 2.45) is 0 Å². The number of imidazole rings is 1. The molecule has 0 radical (unpaired) electrons. The predicted octanol–water partition coefficient (Wildman–Crippen LogP) is 2.52. The first-order chi connectivity index (χ1) is 17.9. The second-order valence-electron chi connectivity index (χ2n) is 8.85. The number of anilines is 1. The van der Waals surface area contributed by atoms with Crippen LogP contribution in [-0.4, -0.2) is 55.2 Å². The molecule has 0 aliphatic heterocycles. The van der Waals surface area contributed by atoms with E-state index in [0.717, 1.165) is 18.9 Å². The van der Waals surface area contributed by atoms with E-state index in [1.54, 1.807) is 16.7 Å². The zero-order chi connectivity index (χ0) is 26.1. The quantitative estimate of drug-likeness (QED) is 0.345. The molecule has 1 aliphatic rings. The Morgan fingerprint density at radius 1 is 1.19 bits per heavy atom. The standard InChI is InChI=1S/C25H26FN7O4/c1-3-10-32-22-20(24(35)33(25(32)36)17-6-7-17)29-21(30-22)15-5-9-19(28-13-15)31(11-12-37-2)23(34)16-4-8-18(26)27-14-16/h4-5,8-9,13-14,17H,3,6-7,10-12H2,1-2H3,(H,29,30). The lowest BCUT2D eigenvalue weighted by Crippen LogP contribution is -2.39. The molecule has 1 amide bonds. The molecule has 4 heterocycles. The number of aromatic nitrogens is 6. The van der Waals surface area contributed by atoms with Crippen molar-refractivity contribution in [1.29, 1.82) is 0 Å². The highest BCUT2D eigenvalue weighted by molar-refractivity contribution is 6.05. The minimum atomic E-state index is -0.679. The highest BCUT2D eigenvalue weighted by Crippen LogP contribution is 2.32. The fraction of sp³-hybridized carbons (Fsp3) is 0.360. The Morgan fingerprint density at radius 2 is 2.00 bits per heavy atom. The molecular formula is C25H26FN7O4. The van der Waals surface area contributed by atoms with Crippen LogP contribution >= 0.6 is 0 Å². The van der Waals surface area contributed by atoms with Crippen molar-refractivity contribution >= 4 is 22.9 Å². The molecular weight excluding hydrogens is 481 g/mol. The Hall–Kier alpha value is -4.19. The number of nitrogens with one attached hydrogen (secondary N) is 1. The third-order valence-corrected chi connectivity index (χ3v) is 6.21. The first kappa shape index (κ1) is 24.5. The first-order valence-electron chi connectivity index (χ1n) is 12.1. The van der Waals surface area contributed by atoms with Gasteiger partial charge in [-0.2, -0.15) is 4.39 Å². The lowest BCUT2D eigenvalue weighted by atomic mass is 10.2. The molecule has 4 aromatic rings. The van der Waals surface area contributed by atoms with Crippen LogP contribution in [-0.2, 0) is 11.3 Å². The lowest BCUT2D eigenvalue weighted by Gasteiger charge is -2.21. The zero-order valence-corrected chi connectivity index (χ0v) is 20.5. The Bertz CT molecular complexity index is 1550. The monoisotopic (exact) mass is 507 g/mol. The van der Waals surface area contributed by atoms with Gasteiger partial charge in [-0.15, -0.1) is 0 Å². The van der Waals surface area contributed by atoms with Gasteiger partial charge in [0.15, 0.2) is 5.65 Å². The van der Waals surface area contributed by atoms with Gasteiger partial charge in [-0.1, -0.05) is 6.92 Å². The van der Waals surface area contributed by atoms with Crippen LogP contribution in [0.2, 0.25) is 0 Å². The Kier molecular flexibility index (Phi) is 6.66. The third kappa shape index (κ3) is 4.67. The minimum Gasteiger partial charge on any atom is -0.383 e. The number of pyridine rings is 2. The maximum absolute atomic E-state index is 13.2. The molecule has 11 nitrogen and oxygen atoms in total. The van der Waals surface area contributed by atoms with Crippen LogP contribution < -0.4 is 16.1 Å². The molecule has 37 heavy (non-hydrogen) atoms. The number of amides is 1. The first-order valence-corrected chi connectivity index (χ1v) is 12.1. The van der Waals surface area contributed by atoms with Crippen molar-refractivity contribution in [3.63, 3.8) is 0 Å². The average molecular weight is 508 g/mol. The second kappa shape index (κ2) is 10.1. The molecule has 12 heteroatoms. The van der Waals surface area contributed by atoms with Gasteiger partial charge in [-0.3, -0.25) is 23.6 Å². The van der Waals surface area contributed by atoms with E-state index in [1.165, 1.54) is 35.0 Å². The number of halogens is 1. The Balaban J connectivity index is 1.51. The maximum Gasteiger partial charge on any atom is 0.333 e. The molecule has 192 valence electrons. The molecule has 1 aliphatic carbocycles. The summed E-state index contributed by atoms with van der Waals surface area (Å²) in [5, 5.41) is 0.